The van der Waals surface area contributed by atoms with Crippen LogP contribution in [0.15, 0.2) is 57.9 Å². The summed E-state index contributed by atoms with van der Waals surface area (Å²) in [6.07, 6.45) is 4.74. The second-order valence-corrected chi connectivity index (χ2v) is 6.93. The van der Waals surface area contributed by atoms with Crippen molar-refractivity contribution in [1.29, 1.82) is 0 Å². The smallest absolute Gasteiger partial charge is 0.206 e. The van der Waals surface area contributed by atoms with Gasteiger partial charge < -0.3 is 0 Å². The lowest BCUT2D eigenvalue weighted by molar-refractivity contribution is 0.822. The molecule has 24 heavy (non-hydrogen) atoms. The highest BCUT2D eigenvalue weighted by atomic mass is 32.1. The Bertz CT molecular complexity index is 949. The van der Waals surface area contributed by atoms with Gasteiger partial charge in [0.25, 0.3) is 0 Å². The summed E-state index contributed by atoms with van der Waals surface area (Å²) in [5.41, 5.74) is 3.67. The van der Waals surface area contributed by atoms with Crippen LogP contribution in [-0.2, 0) is 0 Å². The summed E-state index contributed by atoms with van der Waals surface area (Å²) in [4.78, 5) is 5.64. The van der Waals surface area contributed by atoms with Crippen LogP contribution in [0.25, 0.3) is 22.0 Å². The van der Waals surface area contributed by atoms with Crippen LogP contribution in [0.1, 0.15) is 32.6 Å². The first kappa shape index (κ1) is 15.3. The van der Waals surface area contributed by atoms with E-state index in [2.05, 4.69) is 64.4 Å². The molecule has 3 aromatic rings. The maximum absolute atomic E-state index is 4.97. The third kappa shape index (κ3) is 2.82. The highest BCUT2D eigenvalue weighted by Crippen LogP contribution is 2.29. The highest BCUT2D eigenvalue weighted by Gasteiger charge is 2.13. The summed E-state index contributed by atoms with van der Waals surface area (Å²) in [7, 11) is 0. The predicted octanol–water partition coefficient (Wildman–Crippen LogP) is 5.07. The average Bonchev–Trinajstić information content (AvgIpc) is 3.26. The van der Waals surface area contributed by atoms with Gasteiger partial charge in [-0.05, 0) is 43.4 Å². The maximum Gasteiger partial charge on any atom is 0.206 e. The van der Waals surface area contributed by atoms with Crippen molar-refractivity contribution < 1.29 is 0 Å². The van der Waals surface area contributed by atoms with E-state index in [1.54, 1.807) is 11.3 Å². The van der Waals surface area contributed by atoms with E-state index in [0.717, 1.165) is 29.9 Å². The molecule has 1 heterocycles. The molecule has 1 aliphatic rings. The normalized spacial score (nSPS) is 15.4. The molecule has 0 N–H and O–H groups in total. The minimum Gasteiger partial charge on any atom is -0.258 e. The second kappa shape index (κ2) is 6.73. The maximum atomic E-state index is 4.97. The first-order valence-electron chi connectivity index (χ1n) is 8.62. The van der Waals surface area contributed by atoms with Crippen LogP contribution in [0, 0.1) is 0 Å². The lowest BCUT2D eigenvalue weighted by Crippen LogP contribution is -2.14. The van der Waals surface area contributed by atoms with E-state index in [0.29, 0.717) is 0 Å². The van der Waals surface area contributed by atoms with Gasteiger partial charge in [0, 0.05) is 23.2 Å². The molecule has 4 heteroatoms. The average molecular weight is 335 g/mol. The van der Waals surface area contributed by atoms with E-state index in [1.807, 2.05) is 0 Å². The Morgan fingerprint density at radius 1 is 1.04 bits per heavy atom. The molecule has 0 atom stereocenters. The van der Waals surface area contributed by atoms with Crippen molar-refractivity contribution in [3.63, 3.8) is 0 Å². The number of nitrogens with zero attached hydrogens (tertiary/aromatic N) is 3. The van der Waals surface area contributed by atoms with Crippen molar-refractivity contribution in [2.24, 2.45) is 10.1 Å². The molecule has 0 radical (unpaired) electrons. The Labute approximate surface area is 146 Å². The number of rotatable bonds is 3. The molecule has 0 saturated heterocycles. The van der Waals surface area contributed by atoms with Crippen LogP contribution in [0.2, 0.25) is 0 Å². The van der Waals surface area contributed by atoms with E-state index < -0.39 is 0 Å². The van der Waals surface area contributed by atoms with E-state index in [9.17, 15) is 0 Å². The van der Waals surface area contributed by atoms with Crippen LogP contribution < -0.4 is 4.80 Å². The van der Waals surface area contributed by atoms with Crippen molar-refractivity contribution in [2.75, 3.05) is 6.54 Å². The Hall–Kier alpha value is -2.20. The van der Waals surface area contributed by atoms with Crippen LogP contribution >= 0.6 is 11.3 Å². The summed E-state index contributed by atoms with van der Waals surface area (Å²) in [6.45, 7) is 2.85. The van der Waals surface area contributed by atoms with Crippen LogP contribution in [0.5, 0.6) is 0 Å². The lowest BCUT2D eigenvalue weighted by Gasteiger charge is -2.08. The molecule has 1 saturated carbocycles. The van der Waals surface area contributed by atoms with E-state index in [-0.39, 0.29) is 0 Å². The Kier molecular flexibility index (Phi) is 4.30. The third-order valence-electron chi connectivity index (χ3n) is 4.47. The Morgan fingerprint density at radius 3 is 2.67 bits per heavy atom. The number of benzene rings is 2. The fourth-order valence-electron chi connectivity index (χ4n) is 3.30. The second-order valence-electron chi connectivity index (χ2n) is 6.09. The van der Waals surface area contributed by atoms with Gasteiger partial charge in [-0.2, -0.15) is 5.10 Å². The van der Waals surface area contributed by atoms with Gasteiger partial charge in [-0.15, -0.1) is 11.3 Å². The Morgan fingerprint density at radius 2 is 1.83 bits per heavy atom. The summed E-state index contributed by atoms with van der Waals surface area (Å²) >= 11 is 1.68. The van der Waals surface area contributed by atoms with Gasteiger partial charge in [-0.3, -0.25) is 4.99 Å². The quantitative estimate of drug-likeness (QED) is 0.640. The van der Waals surface area contributed by atoms with Gasteiger partial charge in [0.15, 0.2) is 0 Å². The van der Waals surface area contributed by atoms with Gasteiger partial charge in [0.1, 0.15) is 0 Å². The van der Waals surface area contributed by atoms with Crippen LogP contribution in [-0.4, -0.2) is 16.9 Å². The van der Waals surface area contributed by atoms with Gasteiger partial charge in [0.2, 0.25) is 4.80 Å². The lowest BCUT2D eigenvalue weighted by atomic mass is 10.0. The minimum atomic E-state index is 0.778. The van der Waals surface area contributed by atoms with E-state index in [4.69, 9.17) is 5.10 Å². The van der Waals surface area contributed by atoms with Crippen LogP contribution in [0.4, 0.5) is 0 Å². The number of fused-ring (bicyclic) bond motifs is 1. The molecule has 4 rings (SSSR count). The van der Waals surface area contributed by atoms with E-state index in [1.165, 1.54) is 34.9 Å². The van der Waals surface area contributed by atoms with Gasteiger partial charge >= 0.3 is 0 Å². The van der Waals surface area contributed by atoms with Gasteiger partial charge in [-0.1, -0.05) is 42.5 Å². The largest absolute Gasteiger partial charge is 0.258 e. The monoisotopic (exact) mass is 335 g/mol. The van der Waals surface area contributed by atoms with Crippen molar-refractivity contribution >= 4 is 27.8 Å². The minimum absolute atomic E-state index is 0.778. The fraction of sp³-hybridized carbons (Fsp3) is 0.300. The molecule has 122 valence electrons. The molecule has 0 aliphatic heterocycles. The standard InChI is InChI=1S/C20H21N3S/c1-2-21-20-23(22-16-10-4-5-11-16)19(14-24-20)18-13-7-9-15-8-3-6-12-17(15)18/h3,6-9,12-14H,2,4-5,10-11H2,1H3. The molecule has 0 unspecified atom stereocenters. The molecule has 1 aromatic heterocycles. The highest BCUT2D eigenvalue weighted by molar-refractivity contribution is 7.07. The third-order valence-corrected chi connectivity index (χ3v) is 5.32. The Balaban J connectivity index is 1.95. The molecule has 0 amide bonds. The van der Waals surface area contributed by atoms with Crippen LogP contribution in [0.3, 0.4) is 0 Å². The van der Waals surface area contributed by atoms with Crippen molar-refractivity contribution in [1.82, 2.24) is 4.68 Å². The molecule has 3 nitrogen and oxygen atoms in total. The molecule has 2 aromatic carbocycles. The molecule has 0 spiro atoms. The molecular formula is C20H21N3S. The molecule has 1 aliphatic carbocycles. The zero-order valence-corrected chi connectivity index (χ0v) is 14.7. The summed E-state index contributed by atoms with van der Waals surface area (Å²) < 4.78 is 2.07. The number of hydrogen-bond donors (Lipinski definition) is 0. The summed E-state index contributed by atoms with van der Waals surface area (Å²) in [6, 6.07) is 15.0. The molecular weight excluding hydrogens is 314 g/mol. The number of hydrogen-bond acceptors (Lipinski definition) is 3. The zero-order valence-electron chi connectivity index (χ0n) is 13.9. The SMILES string of the molecule is CCN=c1scc(-c2cccc3ccccc23)n1N=C1CCCC1. The first-order chi connectivity index (χ1) is 11.9. The van der Waals surface area contributed by atoms with Gasteiger partial charge in [-0.25, -0.2) is 4.68 Å². The molecule has 1 fully saturated rings. The predicted molar refractivity (Wildman–Crippen MR) is 103 cm³/mol. The topological polar surface area (TPSA) is 29.6 Å². The first-order valence-corrected chi connectivity index (χ1v) is 9.50. The molecule has 0 bridgehead atoms. The summed E-state index contributed by atoms with van der Waals surface area (Å²) in [5, 5.41) is 9.68. The van der Waals surface area contributed by atoms with Crippen molar-refractivity contribution in [3.8, 4) is 11.3 Å². The number of aromatic nitrogens is 1. The van der Waals surface area contributed by atoms with Gasteiger partial charge in [0.05, 0.1) is 5.69 Å². The number of thiazole rings is 1. The van der Waals surface area contributed by atoms with Crippen molar-refractivity contribution in [3.05, 3.63) is 52.6 Å². The van der Waals surface area contributed by atoms with E-state index >= 15 is 0 Å². The zero-order chi connectivity index (χ0) is 16.4. The summed E-state index contributed by atoms with van der Waals surface area (Å²) in [5.74, 6) is 0. The fourth-order valence-corrected chi connectivity index (χ4v) is 4.18. The van der Waals surface area contributed by atoms with Crippen molar-refractivity contribution in [2.45, 2.75) is 32.6 Å².